The Morgan fingerprint density at radius 3 is 1.22 bits per heavy atom. The van der Waals surface area contributed by atoms with Crippen molar-refractivity contribution in [3.8, 4) is 22.3 Å². The summed E-state index contributed by atoms with van der Waals surface area (Å²) in [6.45, 7) is 13.7. The van der Waals surface area contributed by atoms with Crippen molar-refractivity contribution in [1.29, 1.82) is 0 Å². The number of fused-ring (bicyclic) bond motifs is 6. The number of hydrogen-bond donors (Lipinski definition) is 0. The molecule has 0 N–H and O–H groups in total. The van der Waals surface area contributed by atoms with E-state index in [1.807, 2.05) is 0 Å². The van der Waals surface area contributed by atoms with Crippen molar-refractivity contribution in [1.82, 2.24) is 0 Å². The lowest BCUT2D eigenvalue weighted by atomic mass is 9.88. The van der Waals surface area contributed by atoms with Crippen molar-refractivity contribution in [3.05, 3.63) is 205 Å². The lowest BCUT2D eigenvalue weighted by Crippen LogP contribution is -2.35. The summed E-state index contributed by atoms with van der Waals surface area (Å²) >= 11 is 0. The average Bonchev–Trinajstić information content (AvgIpc) is 3.78. The van der Waals surface area contributed by atoms with Crippen LogP contribution in [0.4, 0.5) is 0 Å². The molecule has 266 valence electrons. The maximum absolute atomic E-state index is 18.0. The molecule has 7 aromatic rings. The predicted molar refractivity (Wildman–Crippen MR) is 229 cm³/mol. The smallest absolute Gasteiger partial charge is 0.172 e. The van der Waals surface area contributed by atoms with Gasteiger partial charge in [0.15, 0.2) is 7.14 Å². The molecule has 0 saturated heterocycles. The third-order valence-corrected chi connectivity index (χ3v) is 16.0. The Morgan fingerprint density at radius 1 is 0.426 bits per heavy atom. The van der Waals surface area contributed by atoms with Crippen molar-refractivity contribution < 1.29 is 4.57 Å². The van der Waals surface area contributed by atoms with Crippen molar-refractivity contribution >= 4 is 23.1 Å². The molecule has 0 bridgehead atoms. The molecule has 7 aromatic carbocycles. The molecule has 54 heavy (non-hydrogen) atoms. The van der Waals surface area contributed by atoms with Gasteiger partial charge in [-0.3, -0.25) is 0 Å². The van der Waals surface area contributed by atoms with Crippen LogP contribution in [-0.2, 0) is 30.2 Å². The Hall–Kier alpha value is -5.23. The van der Waals surface area contributed by atoms with Crippen LogP contribution in [0, 0.1) is 41.5 Å². The van der Waals surface area contributed by atoms with E-state index in [9.17, 15) is 0 Å². The van der Waals surface area contributed by atoms with Crippen molar-refractivity contribution in [2.24, 2.45) is 0 Å². The average molecular weight is 719 g/mol. The van der Waals surface area contributed by atoms with Gasteiger partial charge < -0.3 is 4.57 Å². The van der Waals surface area contributed by atoms with E-state index in [1.54, 1.807) is 0 Å². The number of benzene rings is 7. The molecule has 0 aliphatic heterocycles. The first-order valence-electron chi connectivity index (χ1n) is 19.4. The van der Waals surface area contributed by atoms with Crippen molar-refractivity contribution in [2.75, 3.05) is 0 Å². The quantitative estimate of drug-likeness (QED) is 0.150. The highest BCUT2D eigenvalue weighted by Gasteiger charge is 2.44. The standard InChI is InChI=1S/C52H47OP/c1-32-18-16-24-40-30-45-49(47(32)40)36(5)34(3)43(28-38-20-10-7-11-21-38)51(45)54(53,42-26-14-9-15-27-42)52-44(29-39-22-12-8-13-23-39)35(4)37(6)50-46(52)31-41-25-17-19-33(2)48(41)50/h7-27H,28-31H2,1-6H3. The first-order chi connectivity index (χ1) is 26.2. The highest BCUT2D eigenvalue weighted by molar-refractivity contribution is 7.85. The van der Waals surface area contributed by atoms with Gasteiger partial charge in [-0.25, -0.2) is 0 Å². The Morgan fingerprint density at radius 2 is 0.815 bits per heavy atom. The fourth-order valence-corrected chi connectivity index (χ4v) is 13.6. The molecule has 0 spiro atoms. The lowest BCUT2D eigenvalue weighted by Gasteiger charge is -2.33. The number of hydrogen-bond acceptors (Lipinski definition) is 1. The highest BCUT2D eigenvalue weighted by atomic mass is 31.2. The Bertz CT molecular complexity index is 2500. The summed E-state index contributed by atoms with van der Waals surface area (Å²) < 4.78 is 18.0. The molecule has 0 saturated carbocycles. The molecule has 2 aliphatic rings. The van der Waals surface area contributed by atoms with E-state index in [0.29, 0.717) is 0 Å². The van der Waals surface area contributed by atoms with Gasteiger partial charge in [0, 0.05) is 15.9 Å². The van der Waals surface area contributed by atoms with E-state index in [2.05, 4.69) is 169 Å². The Kier molecular flexibility index (Phi) is 8.48. The molecule has 2 heteroatoms. The summed E-state index contributed by atoms with van der Waals surface area (Å²) in [6.07, 6.45) is 3.01. The minimum absolute atomic E-state index is 0.725. The summed E-state index contributed by atoms with van der Waals surface area (Å²) in [6, 6.07) is 45.6. The van der Waals surface area contributed by atoms with Gasteiger partial charge in [-0.2, -0.15) is 0 Å². The molecular weight excluding hydrogens is 672 g/mol. The lowest BCUT2D eigenvalue weighted by molar-refractivity contribution is 0.592. The fourth-order valence-electron chi connectivity index (χ4n) is 9.91. The molecule has 1 nitrogen and oxygen atoms in total. The first kappa shape index (κ1) is 34.5. The van der Waals surface area contributed by atoms with E-state index in [1.165, 1.54) is 100 Å². The van der Waals surface area contributed by atoms with E-state index in [-0.39, 0.29) is 0 Å². The van der Waals surface area contributed by atoms with Crippen LogP contribution >= 0.6 is 7.14 Å². The van der Waals surface area contributed by atoms with Gasteiger partial charge in [-0.05, 0) is 167 Å². The zero-order chi connectivity index (χ0) is 37.3. The van der Waals surface area contributed by atoms with Gasteiger partial charge in [0.2, 0.25) is 0 Å². The zero-order valence-corrected chi connectivity index (χ0v) is 33.2. The minimum atomic E-state index is -3.59. The zero-order valence-electron chi connectivity index (χ0n) is 32.3. The molecular formula is C52H47OP. The van der Waals surface area contributed by atoms with Gasteiger partial charge in [0.1, 0.15) is 0 Å². The third-order valence-electron chi connectivity index (χ3n) is 12.7. The summed E-state index contributed by atoms with van der Waals surface area (Å²) in [5.41, 5.74) is 23.1. The summed E-state index contributed by atoms with van der Waals surface area (Å²) in [5.74, 6) is 0. The van der Waals surface area contributed by atoms with Crippen molar-refractivity contribution in [3.63, 3.8) is 0 Å². The van der Waals surface area contributed by atoms with Crippen LogP contribution in [0.25, 0.3) is 22.3 Å². The minimum Gasteiger partial charge on any atom is -0.309 e. The van der Waals surface area contributed by atoms with Crippen LogP contribution in [0.1, 0.15) is 77.9 Å². The van der Waals surface area contributed by atoms with E-state index in [0.717, 1.165) is 41.6 Å². The van der Waals surface area contributed by atoms with Crippen LogP contribution < -0.4 is 15.9 Å². The Balaban J connectivity index is 1.47. The van der Waals surface area contributed by atoms with Crippen LogP contribution in [-0.4, -0.2) is 0 Å². The van der Waals surface area contributed by atoms with Crippen molar-refractivity contribution in [2.45, 2.75) is 67.2 Å². The normalized spacial score (nSPS) is 12.7. The second-order valence-electron chi connectivity index (χ2n) is 15.7. The highest BCUT2D eigenvalue weighted by Crippen LogP contribution is 2.55. The molecule has 0 fully saturated rings. The summed E-state index contributed by atoms with van der Waals surface area (Å²) in [7, 11) is -3.59. The topological polar surface area (TPSA) is 17.1 Å². The van der Waals surface area contributed by atoms with Crippen LogP contribution in [0.5, 0.6) is 0 Å². The molecule has 0 aromatic heterocycles. The molecule has 0 amide bonds. The molecule has 0 atom stereocenters. The Labute approximate surface area is 321 Å². The SMILES string of the molecule is Cc1cccc2c1-c1c(C)c(C)c(Cc3ccccc3)c(P(=O)(c3ccccc3)c3c(Cc4ccccc4)c(C)c(C)c4c3Cc3cccc(C)c3-4)c1C2. The molecule has 9 rings (SSSR count). The number of aryl methyl sites for hydroxylation is 2. The van der Waals surface area contributed by atoms with E-state index in [4.69, 9.17) is 0 Å². The predicted octanol–water partition coefficient (Wildman–Crippen LogP) is 11.5. The van der Waals surface area contributed by atoms with Gasteiger partial charge >= 0.3 is 0 Å². The van der Waals surface area contributed by atoms with Gasteiger partial charge in [0.25, 0.3) is 0 Å². The third kappa shape index (κ3) is 5.24. The van der Waals surface area contributed by atoms with E-state index < -0.39 is 7.14 Å². The van der Waals surface area contributed by atoms with Gasteiger partial charge in [0.05, 0.1) is 0 Å². The largest absolute Gasteiger partial charge is 0.309 e. The maximum Gasteiger partial charge on any atom is 0.172 e. The van der Waals surface area contributed by atoms with Crippen LogP contribution in [0.3, 0.4) is 0 Å². The molecule has 0 radical (unpaired) electrons. The second-order valence-corrected chi connectivity index (χ2v) is 18.3. The monoisotopic (exact) mass is 718 g/mol. The van der Waals surface area contributed by atoms with E-state index >= 15 is 4.57 Å². The molecule has 2 aliphatic carbocycles. The first-order valence-corrected chi connectivity index (χ1v) is 21.1. The van der Waals surface area contributed by atoms with Gasteiger partial charge in [-0.15, -0.1) is 0 Å². The molecule has 0 heterocycles. The second kappa shape index (κ2) is 13.3. The summed E-state index contributed by atoms with van der Waals surface area (Å²) in [5, 5.41) is 3.06. The van der Waals surface area contributed by atoms with Gasteiger partial charge in [-0.1, -0.05) is 127 Å². The summed E-state index contributed by atoms with van der Waals surface area (Å²) in [4.78, 5) is 0. The maximum atomic E-state index is 18.0. The fraction of sp³-hybridized carbons (Fsp3) is 0.192. The number of rotatable bonds is 7. The van der Waals surface area contributed by atoms with Crippen LogP contribution in [0.15, 0.2) is 127 Å². The van der Waals surface area contributed by atoms with Crippen LogP contribution in [0.2, 0.25) is 0 Å². The molecule has 0 unspecified atom stereocenters.